The normalized spacial score (nSPS) is 18.8. The van der Waals surface area contributed by atoms with Crippen LogP contribution < -0.4 is 0 Å². The molecule has 6 nitrogen and oxygen atoms in total. The molecule has 1 aromatic heterocycles. The van der Waals surface area contributed by atoms with Gasteiger partial charge in [0.1, 0.15) is 5.76 Å². The SMILES string of the molecule is CCN(CC)CCN1C(=O)C(=O)/C(=C(\O)c2ccncc2)[C@@H]1c1ccccc1. The molecule has 2 aromatic rings. The van der Waals surface area contributed by atoms with Crippen LogP contribution in [-0.2, 0) is 9.59 Å². The van der Waals surface area contributed by atoms with Crippen molar-refractivity contribution in [3.05, 3.63) is 71.6 Å². The van der Waals surface area contributed by atoms with E-state index >= 15 is 0 Å². The van der Waals surface area contributed by atoms with Gasteiger partial charge in [-0.25, -0.2) is 0 Å². The lowest BCUT2D eigenvalue weighted by atomic mass is 9.95. The Hall–Kier alpha value is -2.99. The van der Waals surface area contributed by atoms with Crippen LogP contribution in [0.4, 0.5) is 0 Å². The molecule has 1 atom stereocenters. The first-order valence-corrected chi connectivity index (χ1v) is 9.54. The molecule has 3 rings (SSSR count). The number of amides is 1. The summed E-state index contributed by atoms with van der Waals surface area (Å²) in [5.74, 6) is -1.39. The summed E-state index contributed by atoms with van der Waals surface area (Å²) in [6.07, 6.45) is 3.09. The number of likely N-dealkylation sites (N-methyl/N-ethyl adjacent to an activating group) is 1. The van der Waals surface area contributed by atoms with Gasteiger partial charge in [-0.1, -0.05) is 44.2 Å². The number of aromatic nitrogens is 1. The minimum atomic E-state index is -0.650. The summed E-state index contributed by atoms with van der Waals surface area (Å²) < 4.78 is 0. The lowest BCUT2D eigenvalue weighted by Gasteiger charge is -2.28. The zero-order valence-electron chi connectivity index (χ0n) is 16.2. The zero-order valence-corrected chi connectivity index (χ0v) is 16.2. The number of ketones is 1. The average molecular weight is 379 g/mol. The number of nitrogens with zero attached hydrogens (tertiary/aromatic N) is 3. The molecule has 1 amide bonds. The summed E-state index contributed by atoms with van der Waals surface area (Å²) >= 11 is 0. The predicted octanol–water partition coefficient (Wildman–Crippen LogP) is 2.85. The van der Waals surface area contributed by atoms with Gasteiger partial charge in [-0.2, -0.15) is 0 Å². The molecule has 1 saturated heterocycles. The number of pyridine rings is 1. The first-order valence-electron chi connectivity index (χ1n) is 9.54. The topological polar surface area (TPSA) is 73.7 Å². The number of hydrogen-bond acceptors (Lipinski definition) is 5. The molecule has 0 saturated carbocycles. The van der Waals surface area contributed by atoms with Gasteiger partial charge in [-0.05, 0) is 30.8 Å². The molecule has 1 aromatic carbocycles. The molecule has 0 aliphatic carbocycles. The lowest BCUT2D eigenvalue weighted by molar-refractivity contribution is -0.140. The van der Waals surface area contributed by atoms with Crippen molar-refractivity contribution in [2.45, 2.75) is 19.9 Å². The quantitative estimate of drug-likeness (QED) is 0.455. The van der Waals surface area contributed by atoms with Crippen molar-refractivity contribution in [2.24, 2.45) is 0 Å². The van der Waals surface area contributed by atoms with E-state index in [0.717, 1.165) is 18.7 Å². The monoisotopic (exact) mass is 379 g/mol. The molecule has 0 radical (unpaired) electrons. The summed E-state index contributed by atoms with van der Waals surface area (Å²) in [4.78, 5) is 33.4. The molecule has 2 heterocycles. The fourth-order valence-corrected chi connectivity index (χ4v) is 3.55. The third-order valence-corrected chi connectivity index (χ3v) is 5.16. The Morgan fingerprint density at radius 2 is 1.71 bits per heavy atom. The number of benzene rings is 1. The highest BCUT2D eigenvalue weighted by Gasteiger charge is 2.45. The molecular weight excluding hydrogens is 354 g/mol. The van der Waals surface area contributed by atoms with E-state index in [9.17, 15) is 14.7 Å². The summed E-state index contributed by atoms with van der Waals surface area (Å²) in [7, 11) is 0. The Kier molecular flexibility index (Phi) is 6.21. The Balaban J connectivity index is 2.06. The number of rotatable bonds is 7. The van der Waals surface area contributed by atoms with Gasteiger partial charge in [0.05, 0.1) is 11.6 Å². The molecule has 0 bridgehead atoms. The molecule has 0 unspecified atom stereocenters. The lowest BCUT2D eigenvalue weighted by Crippen LogP contribution is -2.38. The number of aliphatic hydroxyl groups excluding tert-OH is 1. The fourth-order valence-electron chi connectivity index (χ4n) is 3.55. The number of Topliss-reactive ketones (excluding diaryl/α,β-unsaturated/α-hetero) is 1. The van der Waals surface area contributed by atoms with E-state index in [1.54, 1.807) is 29.4 Å². The summed E-state index contributed by atoms with van der Waals surface area (Å²) in [6.45, 7) is 6.95. The van der Waals surface area contributed by atoms with E-state index in [1.807, 2.05) is 30.3 Å². The standard InChI is InChI=1S/C22H25N3O3/c1-3-24(4-2)14-15-25-19(16-8-6-5-7-9-16)18(21(27)22(25)28)20(26)17-10-12-23-13-11-17/h5-13,19,26H,3-4,14-15H2,1-2H3/b20-18-/t19-/m0/s1. The van der Waals surface area contributed by atoms with Crippen LogP contribution in [0.1, 0.15) is 31.0 Å². The Labute approximate surface area is 165 Å². The van der Waals surface area contributed by atoms with Crippen LogP contribution in [0.3, 0.4) is 0 Å². The number of carbonyl (C=O) groups excluding carboxylic acids is 2. The summed E-state index contributed by atoms with van der Waals surface area (Å²) in [5.41, 5.74) is 1.40. The smallest absolute Gasteiger partial charge is 0.295 e. The first-order chi connectivity index (χ1) is 13.6. The van der Waals surface area contributed by atoms with E-state index in [2.05, 4.69) is 23.7 Å². The molecular formula is C22H25N3O3. The van der Waals surface area contributed by atoms with Crippen molar-refractivity contribution >= 4 is 17.4 Å². The van der Waals surface area contributed by atoms with Gasteiger partial charge in [-0.15, -0.1) is 0 Å². The van der Waals surface area contributed by atoms with Crippen molar-refractivity contribution in [2.75, 3.05) is 26.2 Å². The second-order valence-corrected chi connectivity index (χ2v) is 6.67. The largest absolute Gasteiger partial charge is 0.507 e. The highest BCUT2D eigenvalue weighted by molar-refractivity contribution is 6.46. The first kappa shape index (κ1) is 19.8. The molecule has 146 valence electrons. The van der Waals surface area contributed by atoms with Crippen LogP contribution in [-0.4, -0.2) is 57.8 Å². The van der Waals surface area contributed by atoms with Crippen LogP contribution in [0.15, 0.2) is 60.4 Å². The van der Waals surface area contributed by atoms with Crippen LogP contribution in [0.25, 0.3) is 5.76 Å². The molecule has 1 aliphatic rings. The van der Waals surface area contributed by atoms with E-state index in [4.69, 9.17) is 0 Å². The minimum Gasteiger partial charge on any atom is -0.507 e. The summed E-state index contributed by atoms with van der Waals surface area (Å²) in [5, 5.41) is 10.9. The van der Waals surface area contributed by atoms with Crippen molar-refractivity contribution in [1.29, 1.82) is 0 Å². The fraction of sp³-hybridized carbons (Fsp3) is 0.318. The maximum Gasteiger partial charge on any atom is 0.295 e. The highest BCUT2D eigenvalue weighted by Crippen LogP contribution is 2.38. The number of hydrogen-bond donors (Lipinski definition) is 1. The van der Waals surface area contributed by atoms with Crippen molar-refractivity contribution in [3.63, 3.8) is 0 Å². The molecule has 1 N–H and O–H groups in total. The van der Waals surface area contributed by atoms with Gasteiger partial charge in [-0.3, -0.25) is 14.6 Å². The Morgan fingerprint density at radius 1 is 1.07 bits per heavy atom. The second-order valence-electron chi connectivity index (χ2n) is 6.67. The number of carbonyl (C=O) groups is 2. The minimum absolute atomic E-state index is 0.127. The molecule has 0 spiro atoms. The Bertz CT molecular complexity index is 861. The van der Waals surface area contributed by atoms with Crippen LogP contribution in [0, 0.1) is 0 Å². The van der Waals surface area contributed by atoms with E-state index in [-0.39, 0.29) is 11.3 Å². The summed E-state index contributed by atoms with van der Waals surface area (Å²) in [6, 6.07) is 12.0. The number of aliphatic hydroxyl groups is 1. The van der Waals surface area contributed by atoms with Crippen LogP contribution >= 0.6 is 0 Å². The third-order valence-electron chi connectivity index (χ3n) is 5.16. The van der Waals surface area contributed by atoms with Gasteiger partial charge in [0.2, 0.25) is 0 Å². The maximum absolute atomic E-state index is 12.9. The van der Waals surface area contributed by atoms with Crippen molar-refractivity contribution in [1.82, 2.24) is 14.8 Å². The van der Waals surface area contributed by atoms with Gasteiger partial charge in [0.15, 0.2) is 0 Å². The van der Waals surface area contributed by atoms with Crippen molar-refractivity contribution < 1.29 is 14.7 Å². The van der Waals surface area contributed by atoms with Gasteiger partial charge < -0.3 is 14.9 Å². The van der Waals surface area contributed by atoms with E-state index in [1.165, 1.54) is 0 Å². The van der Waals surface area contributed by atoms with Crippen LogP contribution in [0.2, 0.25) is 0 Å². The van der Waals surface area contributed by atoms with Gasteiger partial charge >= 0.3 is 0 Å². The molecule has 6 heteroatoms. The molecule has 1 fully saturated rings. The second kappa shape index (κ2) is 8.80. The molecule has 1 aliphatic heterocycles. The zero-order chi connectivity index (χ0) is 20.1. The third kappa shape index (κ3) is 3.82. The highest BCUT2D eigenvalue weighted by atomic mass is 16.3. The van der Waals surface area contributed by atoms with Crippen LogP contribution in [0.5, 0.6) is 0 Å². The average Bonchev–Trinajstić information content (AvgIpc) is 3.00. The van der Waals surface area contributed by atoms with Gasteiger partial charge in [0.25, 0.3) is 11.7 Å². The molecule has 28 heavy (non-hydrogen) atoms. The Morgan fingerprint density at radius 3 is 2.32 bits per heavy atom. The van der Waals surface area contributed by atoms with E-state index in [0.29, 0.717) is 18.7 Å². The number of likely N-dealkylation sites (tertiary alicyclic amines) is 1. The predicted molar refractivity (Wildman–Crippen MR) is 107 cm³/mol. The van der Waals surface area contributed by atoms with Gasteiger partial charge in [0, 0.05) is 31.0 Å². The van der Waals surface area contributed by atoms with Crippen molar-refractivity contribution in [3.8, 4) is 0 Å². The van der Waals surface area contributed by atoms with E-state index < -0.39 is 17.7 Å². The maximum atomic E-state index is 12.9.